The molecule has 0 spiro atoms. The van der Waals surface area contributed by atoms with Crippen LogP contribution in [-0.4, -0.2) is 19.5 Å². The fourth-order valence-corrected chi connectivity index (χ4v) is 8.78. The third-order valence-electron chi connectivity index (χ3n) is 10.1. The fraction of sp³-hybridized carbons (Fsp3) is 0.0426. The second-order valence-corrected chi connectivity index (χ2v) is 14.7. The molecule has 10 rings (SSSR count). The Hall–Kier alpha value is -6.64. The number of halogens is 3. The number of rotatable bonds is 5. The molecule has 8 heteroatoms. The van der Waals surface area contributed by atoms with Gasteiger partial charge in [-0.3, -0.25) is 0 Å². The van der Waals surface area contributed by atoms with Gasteiger partial charge in [-0.15, -0.1) is 11.3 Å². The van der Waals surface area contributed by atoms with Crippen molar-refractivity contribution in [3.63, 3.8) is 0 Å². The van der Waals surface area contributed by atoms with Crippen molar-refractivity contribution in [2.45, 2.75) is 13.1 Å². The molecule has 55 heavy (non-hydrogen) atoms. The molecule has 0 aliphatic heterocycles. The number of hydrogen-bond acceptors (Lipinski definition) is 4. The van der Waals surface area contributed by atoms with Gasteiger partial charge in [0.15, 0.2) is 17.5 Å². The highest BCUT2D eigenvalue weighted by Gasteiger charge is 2.31. The van der Waals surface area contributed by atoms with Gasteiger partial charge in [0.1, 0.15) is 0 Å². The van der Waals surface area contributed by atoms with Gasteiger partial charge in [-0.2, -0.15) is 13.2 Å². The lowest BCUT2D eigenvalue weighted by Crippen LogP contribution is -2.06. The summed E-state index contributed by atoms with van der Waals surface area (Å²) >= 11 is 1.74. The maximum absolute atomic E-state index is 14.3. The Bertz CT molecular complexity index is 3040. The Balaban J connectivity index is 1.31. The molecule has 0 N–H and O–H groups in total. The van der Waals surface area contributed by atoms with Gasteiger partial charge in [0.05, 0.1) is 22.3 Å². The van der Waals surface area contributed by atoms with Gasteiger partial charge in [-0.05, 0) is 60.0 Å². The van der Waals surface area contributed by atoms with Crippen LogP contribution in [0.4, 0.5) is 13.2 Å². The van der Waals surface area contributed by atoms with Gasteiger partial charge >= 0.3 is 6.18 Å². The number of thiophene rings is 1. The standard InChI is InChI=1S/C47H29F3N4S/c1-28-19-22-34-35-23-21-32(47(48,49)50)27-41(35)54(40(34)25-28)39-24-20-31(33-16-10-17-37-36-15-8-9-18-42(36)55-43(33)37)26-38(39)46-52-44(29-11-4-2-5-12-29)51-45(53-46)30-13-6-3-7-14-30/h2-27H,1H3. The van der Waals surface area contributed by atoms with Gasteiger partial charge in [-0.1, -0.05) is 121 Å². The van der Waals surface area contributed by atoms with Gasteiger partial charge < -0.3 is 4.57 Å². The topological polar surface area (TPSA) is 43.6 Å². The average molecular weight is 739 g/mol. The SMILES string of the molecule is Cc1ccc2c3ccc(C(F)(F)F)cc3n(-c3ccc(-c4cccc5c4sc4ccccc45)cc3-c3nc(-c4ccccc4)nc(-c4ccccc4)n3)c2c1. The van der Waals surface area contributed by atoms with E-state index in [9.17, 15) is 13.2 Å². The number of aromatic nitrogens is 4. The van der Waals surface area contributed by atoms with Crippen LogP contribution in [0.25, 0.3) is 93.0 Å². The molecule has 0 aliphatic rings. The van der Waals surface area contributed by atoms with E-state index in [0.717, 1.165) is 54.9 Å². The van der Waals surface area contributed by atoms with E-state index >= 15 is 0 Å². The molecule has 10 aromatic rings. The van der Waals surface area contributed by atoms with Gasteiger partial charge in [0.2, 0.25) is 0 Å². The normalized spacial score (nSPS) is 12.0. The maximum Gasteiger partial charge on any atom is 0.416 e. The summed E-state index contributed by atoms with van der Waals surface area (Å²) in [5, 5.41) is 3.93. The third-order valence-corrected chi connectivity index (χ3v) is 11.4. The van der Waals surface area contributed by atoms with E-state index in [0.29, 0.717) is 34.2 Å². The van der Waals surface area contributed by atoms with Crippen LogP contribution < -0.4 is 0 Å². The minimum Gasteiger partial charge on any atom is -0.308 e. The fourth-order valence-electron chi connectivity index (χ4n) is 7.55. The largest absolute Gasteiger partial charge is 0.416 e. The number of fused-ring (bicyclic) bond motifs is 6. The highest BCUT2D eigenvalue weighted by molar-refractivity contribution is 7.26. The lowest BCUT2D eigenvalue weighted by molar-refractivity contribution is -0.137. The molecule has 0 aliphatic carbocycles. The molecule has 0 bridgehead atoms. The van der Waals surface area contributed by atoms with E-state index in [1.165, 1.54) is 21.5 Å². The molecule has 3 heterocycles. The molecule has 0 amide bonds. The van der Waals surface area contributed by atoms with E-state index in [1.807, 2.05) is 96.4 Å². The van der Waals surface area contributed by atoms with Crippen LogP contribution in [0.15, 0.2) is 158 Å². The summed E-state index contributed by atoms with van der Waals surface area (Å²) < 4.78 is 47.3. The number of aryl methyl sites for hydroxylation is 1. The third kappa shape index (κ3) is 5.65. The highest BCUT2D eigenvalue weighted by Crippen LogP contribution is 2.44. The Kier molecular flexibility index (Phi) is 7.64. The summed E-state index contributed by atoms with van der Waals surface area (Å²) in [5.41, 5.74) is 6.43. The number of alkyl halides is 3. The molecule has 0 fully saturated rings. The van der Waals surface area contributed by atoms with Crippen LogP contribution in [0.2, 0.25) is 0 Å². The van der Waals surface area contributed by atoms with E-state index in [4.69, 9.17) is 15.0 Å². The molecule has 0 saturated carbocycles. The number of nitrogens with zero attached hydrogens (tertiary/aromatic N) is 4. The van der Waals surface area contributed by atoms with Crippen molar-refractivity contribution in [1.82, 2.24) is 19.5 Å². The molecule has 0 atom stereocenters. The van der Waals surface area contributed by atoms with Crippen LogP contribution in [-0.2, 0) is 6.18 Å². The summed E-state index contributed by atoms with van der Waals surface area (Å²) in [4.78, 5) is 15.2. The number of hydrogen-bond donors (Lipinski definition) is 0. The minimum absolute atomic E-state index is 0.405. The van der Waals surface area contributed by atoms with Gasteiger partial charge in [0.25, 0.3) is 0 Å². The summed E-state index contributed by atoms with van der Waals surface area (Å²) in [6, 6.07) is 50.3. The summed E-state index contributed by atoms with van der Waals surface area (Å²) in [7, 11) is 0. The van der Waals surface area contributed by atoms with Crippen LogP contribution in [0.3, 0.4) is 0 Å². The molecule has 0 unspecified atom stereocenters. The Morgan fingerprint density at radius 3 is 1.82 bits per heavy atom. The number of benzene rings is 7. The van der Waals surface area contributed by atoms with Crippen LogP contribution in [0.1, 0.15) is 11.1 Å². The van der Waals surface area contributed by atoms with E-state index < -0.39 is 11.7 Å². The van der Waals surface area contributed by atoms with Crippen molar-refractivity contribution in [2.75, 3.05) is 0 Å². The first-order valence-corrected chi connectivity index (χ1v) is 18.7. The van der Waals surface area contributed by atoms with E-state index in [2.05, 4.69) is 54.6 Å². The first-order chi connectivity index (χ1) is 26.8. The molecule has 4 nitrogen and oxygen atoms in total. The van der Waals surface area contributed by atoms with Crippen molar-refractivity contribution in [3.05, 3.63) is 169 Å². The van der Waals surface area contributed by atoms with Crippen LogP contribution >= 0.6 is 11.3 Å². The predicted molar refractivity (Wildman–Crippen MR) is 219 cm³/mol. The van der Waals surface area contributed by atoms with Crippen molar-refractivity contribution < 1.29 is 13.2 Å². The molecule has 7 aromatic carbocycles. The Labute approximate surface area is 317 Å². The molecular weight excluding hydrogens is 710 g/mol. The first kappa shape index (κ1) is 33.0. The van der Waals surface area contributed by atoms with Crippen LogP contribution in [0.5, 0.6) is 0 Å². The van der Waals surface area contributed by atoms with Crippen LogP contribution in [0, 0.1) is 6.92 Å². The quantitative estimate of drug-likeness (QED) is 0.177. The van der Waals surface area contributed by atoms with E-state index in [-0.39, 0.29) is 0 Å². The highest BCUT2D eigenvalue weighted by atomic mass is 32.1. The molecule has 3 aromatic heterocycles. The Morgan fingerprint density at radius 1 is 0.491 bits per heavy atom. The monoisotopic (exact) mass is 738 g/mol. The predicted octanol–water partition coefficient (Wildman–Crippen LogP) is 13.3. The summed E-state index contributed by atoms with van der Waals surface area (Å²) in [5.74, 6) is 1.39. The second kappa shape index (κ2) is 12.7. The lowest BCUT2D eigenvalue weighted by atomic mass is 9.99. The molecule has 0 saturated heterocycles. The second-order valence-electron chi connectivity index (χ2n) is 13.6. The summed E-state index contributed by atoms with van der Waals surface area (Å²) in [6.45, 7) is 1.99. The maximum atomic E-state index is 14.3. The molecule has 264 valence electrons. The van der Waals surface area contributed by atoms with Crippen molar-refractivity contribution in [2.24, 2.45) is 0 Å². The summed E-state index contributed by atoms with van der Waals surface area (Å²) in [6.07, 6.45) is -4.52. The first-order valence-electron chi connectivity index (χ1n) is 17.8. The lowest BCUT2D eigenvalue weighted by Gasteiger charge is -2.17. The zero-order valence-corrected chi connectivity index (χ0v) is 30.2. The van der Waals surface area contributed by atoms with Gasteiger partial charge in [0, 0.05) is 47.6 Å². The molecule has 0 radical (unpaired) electrons. The van der Waals surface area contributed by atoms with Crippen molar-refractivity contribution in [3.8, 4) is 51.0 Å². The zero-order chi connectivity index (χ0) is 37.3. The molecular formula is C47H29F3N4S. The smallest absolute Gasteiger partial charge is 0.308 e. The van der Waals surface area contributed by atoms with Gasteiger partial charge in [-0.25, -0.2) is 15.0 Å². The average Bonchev–Trinajstić information content (AvgIpc) is 3.76. The Morgan fingerprint density at radius 2 is 1.11 bits per heavy atom. The minimum atomic E-state index is -4.52. The zero-order valence-electron chi connectivity index (χ0n) is 29.3. The van der Waals surface area contributed by atoms with Crippen molar-refractivity contribution in [1.29, 1.82) is 0 Å². The van der Waals surface area contributed by atoms with E-state index in [1.54, 1.807) is 17.4 Å². The van der Waals surface area contributed by atoms with Crippen molar-refractivity contribution >= 4 is 53.3 Å².